The van der Waals surface area contributed by atoms with Crippen LogP contribution in [0.25, 0.3) is 34.8 Å². The third-order valence-corrected chi connectivity index (χ3v) is 6.53. The van der Waals surface area contributed by atoms with E-state index in [1.54, 1.807) is 48.6 Å². The Morgan fingerprint density at radius 2 is 1.00 bits per heavy atom. The van der Waals surface area contributed by atoms with Crippen molar-refractivity contribution < 1.29 is 13.6 Å². The van der Waals surface area contributed by atoms with Gasteiger partial charge >= 0.3 is 0 Å². The Bertz CT molecular complexity index is 1340. The van der Waals surface area contributed by atoms with Gasteiger partial charge in [-0.25, -0.2) is 0 Å². The van der Waals surface area contributed by atoms with Gasteiger partial charge in [-0.3, -0.25) is 4.79 Å². The Labute approximate surface area is 222 Å². The van der Waals surface area contributed by atoms with E-state index in [0.717, 1.165) is 17.5 Å². The van der Waals surface area contributed by atoms with Crippen LogP contribution in [-0.4, -0.2) is 5.78 Å². The molecule has 0 bridgehead atoms. The van der Waals surface area contributed by atoms with Crippen molar-refractivity contribution >= 4 is 64.3 Å². The molecular formula is C28H18Cl4O3. The Kier molecular flexibility index (Phi) is 6.95. The summed E-state index contributed by atoms with van der Waals surface area (Å²) in [5.41, 5.74) is 2.94. The minimum Gasteiger partial charge on any atom is -0.457 e. The first-order valence-corrected chi connectivity index (χ1v) is 12.4. The maximum atomic E-state index is 13.2. The van der Waals surface area contributed by atoms with Gasteiger partial charge < -0.3 is 8.83 Å². The Morgan fingerprint density at radius 3 is 1.40 bits per heavy atom. The van der Waals surface area contributed by atoms with Crippen LogP contribution in [0.5, 0.6) is 0 Å². The van der Waals surface area contributed by atoms with Crippen LogP contribution in [0, 0.1) is 0 Å². The summed E-state index contributed by atoms with van der Waals surface area (Å²) in [5, 5.41) is 2.11. The summed E-state index contributed by atoms with van der Waals surface area (Å²) in [6, 6.07) is 17.8. The van der Waals surface area contributed by atoms with Crippen molar-refractivity contribution in [1.29, 1.82) is 0 Å². The largest absolute Gasteiger partial charge is 0.457 e. The fourth-order valence-electron chi connectivity index (χ4n) is 4.08. The smallest absolute Gasteiger partial charge is 0.185 e. The number of furan rings is 2. The first kappa shape index (κ1) is 24.0. The van der Waals surface area contributed by atoms with Gasteiger partial charge in [0.15, 0.2) is 5.78 Å². The van der Waals surface area contributed by atoms with Gasteiger partial charge in [0.1, 0.15) is 23.0 Å². The van der Waals surface area contributed by atoms with Crippen molar-refractivity contribution in [1.82, 2.24) is 0 Å². The summed E-state index contributed by atoms with van der Waals surface area (Å²) in [5.74, 6) is 2.44. The van der Waals surface area contributed by atoms with E-state index in [9.17, 15) is 4.79 Å². The highest BCUT2D eigenvalue weighted by Gasteiger charge is 2.22. The van der Waals surface area contributed by atoms with Crippen LogP contribution in [0.3, 0.4) is 0 Å². The lowest BCUT2D eigenvalue weighted by molar-refractivity contribution is -0.112. The molecular weight excluding hydrogens is 526 g/mol. The number of rotatable bonds is 4. The summed E-state index contributed by atoms with van der Waals surface area (Å²) >= 11 is 24.4. The topological polar surface area (TPSA) is 43.4 Å². The number of hydrogen-bond acceptors (Lipinski definition) is 3. The van der Waals surface area contributed by atoms with E-state index in [2.05, 4.69) is 0 Å². The Hall–Kier alpha value is -2.69. The molecule has 0 aliphatic heterocycles. The zero-order valence-corrected chi connectivity index (χ0v) is 21.3. The monoisotopic (exact) mass is 542 g/mol. The Balaban J connectivity index is 1.37. The molecule has 0 N–H and O–H groups in total. The standard InChI is InChI=1S/C28H18Cl4O3/c29-20-8-18(9-21(30)14-20)26-6-4-24(34-26)12-16-2-1-3-17(28(16)33)13-25-5-7-27(35-25)19-10-22(31)15-23(32)11-19/h4-15H,1-3H2/b16-12+,17-13+. The molecule has 1 aliphatic rings. The number of benzene rings is 2. The molecule has 1 fully saturated rings. The predicted molar refractivity (Wildman–Crippen MR) is 143 cm³/mol. The van der Waals surface area contributed by atoms with Crippen LogP contribution in [0.1, 0.15) is 30.8 Å². The highest BCUT2D eigenvalue weighted by molar-refractivity contribution is 6.35. The third kappa shape index (κ3) is 5.60. The molecule has 1 saturated carbocycles. The fraction of sp³-hybridized carbons (Fsp3) is 0.107. The molecule has 35 heavy (non-hydrogen) atoms. The molecule has 4 aromatic rings. The van der Waals surface area contributed by atoms with E-state index >= 15 is 0 Å². The number of allylic oxidation sites excluding steroid dienone is 2. The van der Waals surface area contributed by atoms with Crippen LogP contribution >= 0.6 is 46.4 Å². The maximum Gasteiger partial charge on any atom is 0.185 e. The molecule has 1 aliphatic carbocycles. The van der Waals surface area contributed by atoms with Gasteiger partial charge in [-0.2, -0.15) is 0 Å². The number of ketones is 1. The number of Topliss-reactive ketones (excluding diaryl/α,β-unsaturated/α-hetero) is 1. The van der Waals surface area contributed by atoms with Crippen molar-refractivity contribution in [3.05, 3.63) is 103 Å². The van der Waals surface area contributed by atoms with Gasteiger partial charge in [-0.05, 0) is 92.1 Å². The SMILES string of the molecule is O=C1/C(=C/c2ccc(-c3cc(Cl)cc(Cl)c3)o2)CCC/C1=C\c1ccc(-c2cc(Cl)cc(Cl)c2)o1. The molecule has 0 radical (unpaired) electrons. The average Bonchev–Trinajstić information content (AvgIpc) is 3.45. The first-order valence-electron chi connectivity index (χ1n) is 10.9. The number of hydrogen-bond donors (Lipinski definition) is 0. The molecule has 176 valence electrons. The summed E-state index contributed by atoms with van der Waals surface area (Å²) < 4.78 is 11.9. The number of halogens is 4. The number of carbonyl (C=O) groups is 1. The van der Waals surface area contributed by atoms with Crippen molar-refractivity contribution in [3.8, 4) is 22.6 Å². The van der Waals surface area contributed by atoms with E-state index in [-0.39, 0.29) is 5.78 Å². The molecule has 0 unspecified atom stereocenters. The second kappa shape index (κ2) is 10.1. The van der Waals surface area contributed by atoms with E-state index in [1.807, 2.05) is 24.3 Å². The van der Waals surface area contributed by atoms with Gasteiger partial charge in [-0.15, -0.1) is 0 Å². The zero-order chi connectivity index (χ0) is 24.5. The van der Waals surface area contributed by atoms with Gasteiger partial charge in [0, 0.05) is 42.4 Å². The van der Waals surface area contributed by atoms with Crippen molar-refractivity contribution in [2.24, 2.45) is 0 Å². The van der Waals surface area contributed by atoms with Crippen molar-refractivity contribution in [3.63, 3.8) is 0 Å². The molecule has 0 spiro atoms. The van der Waals surface area contributed by atoms with Crippen LogP contribution in [0.2, 0.25) is 20.1 Å². The maximum absolute atomic E-state index is 13.2. The molecule has 3 nitrogen and oxygen atoms in total. The van der Waals surface area contributed by atoms with E-state index < -0.39 is 0 Å². The molecule has 0 atom stereocenters. The third-order valence-electron chi connectivity index (χ3n) is 5.66. The normalized spacial score (nSPS) is 16.4. The van der Waals surface area contributed by atoms with Gasteiger partial charge in [0.2, 0.25) is 0 Å². The lowest BCUT2D eigenvalue weighted by Gasteiger charge is -2.15. The van der Waals surface area contributed by atoms with E-state index in [0.29, 0.717) is 67.1 Å². The van der Waals surface area contributed by atoms with Crippen molar-refractivity contribution in [2.75, 3.05) is 0 Å². The van der Waals surface area contributed by atoms with E-state index in [4.69, 9.17) is 55.2 Å². The van der Waals surface area contributed by atoms with Gasteiger partial charge in [-0.1, -0.05) is 46.4 Å². The first-order chi connectivity index (χ1) is 16.8. The van der Waals surface area contributed by atoms with Gasteiger partial charge in [0.05, 0.1) is 0 Å². The number of carbonyl (C=O) groups excluding carboxylic acids is 1. The quantitative estimate of drug-likeness (QED) is 0.240. The molecule has 2 aromatic carbocycles. The van der Waals surface area contributed by atoms with Crippen LogP contribution in [0.4, 0.5) is 0 Å². The van der Waals surface area contributed by atoms with Crippen molar-refractivity contribution in [2.45, 2.75) is 19.3 Å². The lowest BCUT2D eigenvalue weighted by Crippen LogP contribution is -2.12. The van der Waals surface area contributed by atoms with Crippen LogP contribution < -0.4 is 0 Å². The highest BCUT2D eigenvalue weighted by Crippen LogP contribution is 2.33. The minimum absolute atomic E-state index is 0.0104. The van der Waals surface area contributed by atoms with Crippen LogP contribution in [-0.2, 0) is 4.79 Å². The molecule has 7 heteroatoms. The van der Waals surface area contributed by atoms with E-state index in [1.165, 1.54) is 0 Å². The molecule has 2 aromatic heterocycles. The summed E-state index contributed by atoms with van der Waals surface area (Å²) in [6.07, 6.45) is 5.82. The summed E-state index contributed by atoms with van der Waals surface area (Å²) in [4.78, 5) is 13.2. The predicted octanol–water partition coefficient (Wildman–Crippen LogP) is 10.0. The average molecular weight is 544 g/mol. The summed E-state index contributed by atoms with van der Waals surface area (Å²) in [7, 11) is 0. The Morgan fingerprint density at radius 1 is 0.600 bits per heavy atom. The fourth-order valence-corrected chi connectivity index (χ4v) is 5.14. The molecule has 5 rings (SSSR count). The summed E-state index contributed by atoms with van der Waals surface area (Å²) in [6.45, 7) is 0. The molecule has 0 saturated heterocycles. The molecule has 0 amide bonds. The second-order valence-corrected chi connectivity index (χ2v) is 9.99. The minimum atomic E-state index is -0.0104. The highest BCUT2D eigenvalue weighted by atomic mass is 35.5. The zero-order valence-electron chi connectivity index (χ0n) is 18.3. The molecule has 2 heterocycles. The second-order valence-electron chi connectivity index (χ2n) is 8.24. The lowest BCUT2D eigenvalue weighted by atomic mass is 9.88. The van der Waals surface area contributed by atoms with Crippen LogP contribution in [0.15, 0.2) is 80.6 Å². The van der Waals surface area contributed by atoms with Gasteiger partial charge in [0.25, 0.3) is 0 Å².